The van der Waals surface area contributed by atoms with E-state index >= 15 is 0 Å². The molecule has 1 fully saturated rings. The molecular formula is C23H29N3O4. The molecule has 1 saturated heterocycles. The van der Waals surface area contributed by atoms with Crippen LogP contribution in [0.5, 0.6) is 17.2 Å². The van der Waals surface area contributed by atoms with Crippen molar-refractivity contribution in [2.24, 2.45) is 0 Å². The van der Waals surface area contributed by atoms with Gasteiger partial charge in [0.1, 0.15) is 30.0 Å². The van der Waals surface area contributed by atoms with Crippen LogP contribution in [0.1, 0.15) is 0 Å². The number of aliphatic hydroxyl groups excluding tert-OH is 1. The molecule has 1 aromatic heterocycles. The van der Waals surface area contributed by atoms with Gasteiger partial charge in [-0.05, 0) is 30.3 Å². The number of β-amino-alcohol motifs (C(OH)–C–C–N with tert-alkyl or cyclic N) is 1. The summed E-state index contributed by atoms with van der Waals surface area (Å²) in [6.45, 7) is 4.37. The summed E-state index contributed by atoms with van der Waals surface area (Å²) in [6.07, 6.45) is 1.35. The number of ether oxygens (including phenoxy) is 3. The van der Waals surface area contributed by atoms with Gasteiger partial charge in [0.2, 0.25) is 0 Å². The van der Waals surface area contributed by atoms with Crippen LogP contribution >= 0.6 is 0 Å². The summed E-state index contributed by atoms with van der Waals surface area (Å²) in [7, 11) is 3.33. The highest BCUT2D eigenvalue weighted by Gasteiger charge is 2.22. The van der Waals surface area contributed by atoms with Crippen LogP contribution in [0, 0.1) is 0 Å². The Labute approximate surface area is 176 Å². The lowest BCUT2D eigenvalue weighted by atomic mass is 10.2. The second-order valence-electron chi connectivity index (χ2n) is 7.49. The Hall–Kier alpha value is -2.90. The number of anilines is 1. The van der Waals surface area contributed by atoms with Crippen molar-refractivity contribution in [3.8, 4) is 17.2 Å². The number of hydrogen-bond donors (Lipinski definition) is 2. The Kier molecular flexibility index (Phi) is 6.30. The van der Waals surface area contributed by atoms with Crippen LogP contribution in [-0.2, 0) is 0 Å². The number of rotatable bonds is 8. The second kappa shape index (κ2) is 9.28. The predicted molar refractivity (Wildman–Crippen MR) is 118 cm³/mol. The van der Waals surface area contributed by atoms with Crippen molar-refractivity contribution >= 4 is 16.6 Å². The number of aliphatic hydroxyl groups is 1. The van der Waals surface area contributed by atoms with Crippen molar-refractivity contribution in [2.75, 3.05) is 58.5 Å². The largest absolute Gasteiger partial charge is 0.497 e. The number of benzene rings is 2. The molecule has 0 bridgehead atoms. The number of nitrogens with one attached hydrogen (secondary N) is 1. The lowest BCUT2D eigenvalue weighted by Crippen LogP contribution is -2.49. The Morgan fingerprint density at radius 1 is 1.00 bits per heavy atom. The first-order valence-electron chi connectivity index (χ1n) is 10.2. The maximum atomic E-state index is 10.5. The van der Waals surface area contributed by atoms with Crippen LogP contribution in [0.15, 0.2) is 48.7 Å². The first-order chi connectivity index (χ1) is 14.7. The van der Waals surface area contributed by atoms with E-state index in [1.54, 1.807) is 14.2 Å². The first-order valence-corrected chi connectivity index (χ1v) is 10.2. The minimum absolute atomic E-state index is 0.275. The Morgan fingerprint density at radius 3 is 2.60 bits per heavy atom. The van der Waals surface area contributed by atoms with Crippen molar-refractivity contribution in [1.82, 2.24) is 9.88 Å². The van der Waals surface area contributed by atoms with E-state index in [4.69, 9.17) is 14.2 Å². The van der Waals surface area contributed by atoms with Gasteiger partial charge in [0, 0.05) is 55.9 Å². The maximum Gasteiger partial charge on any atom is 0.145 e. The van der Waals surface area contributed by atoms with Crippen molar-refractivity contribution in [1.29, 1.82) is 0 Å². The van der Waals surface area contributed by atoms with Gasteiger partial charge in [-0.2, -0.15) is 0 Å². The standard InChI is InChI=1S/C23H29N3O4/c1-28-18-6-7-21(23(14-18)29-2)26-12-10-25(11-13-26)15-17(27)16-30-22-5-3-4-20-19(22)8-9-24-20/h3-9,14,17,24,27H,10-13,15-16H2,1-2H3. The van der Waals surface area contributed by atoms with Crippen LogP contribution in [0.3, 0.4) is 0 Å². The number of piperazine rings is 1. The van der Waals surface area contributed by atoms with Gasteiger partial charge in [0.15, 0.2) is 0 Å². The fourth-order valence-corrected chi connectivity index (χ4v) is 3.94. The third kappa shape index (κ3) is 4.47. The fraction of sp³-hybridized carbons (Fsp3) is 0.391. The number of H-pyrrole nitrogens is 1. The highest BCUT2D eigenvalue weighted by Crippen LogP contribution is 2.32. The van der Waals surface area contributed by atoms with E-state index in [0.717, 1.165) is 60.0 Å². The van der Waals surface area contributed by atoms with Gasteiger partial charge >= 0.3 is 0 Å². The highest BCUT2D eigenvalue weighted by molar-refractivity contribution is 5.85. The first kappa shape index (κ1) is 20.4. The molecular weight excluding hydrogens is 382 g/mol. The number of aromatic amines is 1. The van der Waals surface area contributed by atoms with E-state index < -0.39 is 6.10 Å². The molecule has 160 valence electrons. The van der Waals surface area contributed by atoms with Gasteiger partial charge in [-0.25, -0.2) is 0 Å². The van der Waals surface area contributed by atoms with Crippen molar-refractivity contribution in [2.45, 2.75) is 6.10 Å². The van der Waals surface area contributed by atoms with E-state index in [1.165, 1.54) is 0 Å². The molecule has 7 nitrogen and oxygen atoms in total. The van der Waals surface area contributed by atoms with Gasteiger partial charge in [-0.1, -0.05) is 6.07 Å². The summed E-state index contributed by atoms with van der Waals surface area (Å²) in [5.74, 6) is 2.40. The number of hydrogen-bond acceptors (Lipinski definition) is 6. The Balaban J connectivity index is 1.28. The summed E-state index contributed by atoms with van der Waals surface area (Å²) in [5.41, 5.74) is 2.11. The molecule has 1 aliphatic heterocycles. The zero-order chi connectivity index (χ0) is 20.9. The summed E-state index contributed by atoms with van der Waals surface area (Å²) < 4.78 is 16.7. The third-order valence-electron chi connectivity index (χ3n) is 5.55. The van der Waals surface area contributed by atoms with E-state index in [2.05, 4.69) is 14.8 Å². The summed E-state index contributed by atoms with van der Waals surface area (Å²) in [5, 5.41) is 11.5. The zero-order valence-electron chi connectivity index (χ0n) is 17.5. The second-order valence-corrected chi connectivity index (χ2v) is 7.49. The molecule has 0 aliphatic carbocycles. The normalized spacial score (nSPS) is 15.9. The van der Waals surface area contributed by atoms with Crippen molar-refractivity contribution in [3.63, 3.8) is 0 Å². The molecule has 1 unspecified atom stereocenters. The molecule has 4 rings (SSSR count). The van der Waals surface area contributed by atoms with E-state index in [-0.39, 0.29) is 6.61 Å². The molecule has 3 aromatic rings. The molecule has 2 N–H and O–H groups in total. The molecule has 0 spiro atoms. The molecule has 1 aliphatic rings. The third-order valence-corrected chi connectivity index (χ3v) is 5.55. The van der Waals surface area contributed by atoms with Crippen molar-refractivity contribution in [3.05, 3.63) is 48.7 Å². The van der Waals surface area contributed by atoms with Gasteiger partial charge in [-0.15, -0.1) is 0 Å². The van der Waals surface area contributed by atoms with Gasteiger partial charge in [-0.3, -0.25) is 4.90 Å². The minimum Gasteiger partial charge on any atom is -0.497 e. The van der Waals surface area contributed by atoms with Gasteiger partial charge < -0.3 is 29.2 Å². The van der Waals surface area contributed by atoms with E-state index in [1.807, 2.05) is 48.7 Å². The average molecular weight is 412 g/mol. The zero-order valence-corrected chi connectivity index (χ0v) is 17.5. The van der Waals surface area contributed by atoms with Crippen LogP contribution in [0.2, 0.25) is 0 Å². The number of aromatic nitrogens is 1. The van der Waals surface area contributed by atoms with Gasteiger partial charge in [0.25, 0.3) is 0 Å². The maximum absolute atomic E-state index is 10.5. The molecule has 30 heavy (non-hydrogen) atoms. The predicted octanol–water partition coefficient (Wildman–Crippen LogP) is 2.75. The Bertz CT molecular complexity index is 966. The van der Waals surface area contributed by atoms with Gasteiger partial charge in [0.05, 0.1) is 19.9 Å². The van der Waals surface area contributed by atoms with Crippen LogP contribution in [-0.4, -0.2) is 74.6 Å². The topological polar surface area (TPSA) is 70.2 Å². The number of fused-ring (bicyclic) bond motifs is 1. The Morgan fingerprint density at radius 2 is 1.83 bits per heavy atom. The number of nitrogens with zero attached hydrogens (tertiary/aromatic N) is 2. The monoisotopic (exact) mass is 411 g/mol. The molecule has 0 amide bonds. The fourth-order valence-electron chi connectivity index (χ4n) is 3.94. The molecule has 1 atom stereocenters. The van der Waals surface area contributed by atoms with E-state index in [0.29, 0.717) is 6.54 Å². The van der Waals surface area contributed by atoms with Crippen LogP contribution < -0.4 is 19.1 Å². The highest BCUT2D eigenvalue weighted by atomic mass is 16.5. The average Bonchev–Trinajstić information content (AvgIpc) is 3.27. The number of methoxy groups -OCH3 is 2. The summed E-state index contributed by atoms with van der Waals surface area (Å²) in [6, 6.07) is 13.8. The molecule has 2 aromatic carbocycles. The SMILES string of the molecule is COc1ccc(N2CCN(CC(O)COc3cccc4[nH]ccc34)CC2)c(OC)c1. The lowest BCUT2D eigenvalue weighted by molar-refractivity contribution is 0.0668. The van der Waals surface area contributed by atoms with Crippen LogP contribution in [0.25, 0.3) is 10.9 Å². The van der Waals surface area contributed by atoms with Crippen LogP contribution in [0.4, 0.5) is 5.69 Å². The minimum atomic E-state index is -0.540. The van der Waals surface area contributed by atoms with Crippen molar-refractivity contribution < 1.29 is 19.3 Å². The summed E-state index contributed by atoms with van der Waals surface area (Å²) in [4.78, 5) is 7.76. The quantitative estimate of drug-likeness (QED) is 0.594. The molecule has 0 saturated carbocycles. The smallest absolute Gasteiger partial charge is 0.145 e. The lowest BCUT2D eigenvalue weighted by Gasteiger charge is -2.37. The molecule has 7 heteroatoms. The molecule has 0 radical (unpaired) electrons. The summed E-state index contributed by atoms with van der Waals surface area (Å²) >= 11 is 0. The molecule has 2 heterocycles. The van der Waals surface area contributed by atoms with E-state index in [9.17, 15) is 5.11 Å².